The van der Waals surface area contributed by atoms with E-state index in [9.17, 15) is 4.79 Å². The van der Waals surface area contributed by atoms with E-state index in [4.69, 9.17) is 4.74 Å². The minimum atomic E-state index is -0.428. The van der Waals surface area contributed by atoms with Crippen LogP contribution in [-0.2, 0) is 5.54 Å². The molecular weight excluding hydrogens is 252 g/mol. The van der Waals surface area contributed by atoms with Crippen molar-refractivity contribution in [3.05, 3.63) is 33.3 Å². The van der Waals surface area contributed by atoms with Gasteiger partial charge < -0.3 is 15.0 Å². The molecule has 0 radical (unpaired) electrons. The third kappa shape index (κ3) is 2.35. The molecule has 0 saturated heterocycles. The molecule has 2 N–H and O–H groups in total. The van der Waals surface area contributed by atoms with Gasteiger partial charge in [-0.05, 0) is 13.8 Å². The number of methoxy groups -OCH3 is 1. The van der Waals surface area contributed by atoms with Crippen LogP contribution in [-0.4, -0.2) is 22.1 Å². The number of thiazole rings is 1. The van der Waals surface area contributed by atoms with Crippen LogP contribution >= 0.6 is 11.3 Å². The molecule has 0 atom stereocenters. The summed E-state index contributed by atoms with van der Waals surface area (Å²) in [7, 11) is 1.44. The van der Waals surface area contributed by atoms with Crippen LogP contribution in [0.2, 0.25) is 0 Å². The summed E-state index contributed by atoms with van der Waals surface area (Å²) in [5.41, 5.74) is -0.743. The Bertz CT molecular complexity index is 577. The van der Waals surface area contributed by atoms with Crippen molar-refractivity contribution in [2.24, 2.45) is 0 Å². The first kappa shape index (κ1) is 12.6. The van der Waals surface area contributed by atoms with Gasteiger partial charge in [0.05, 0.1) is 19.0 Å². The summed E-state index contributed by atoms with van der Waals surface area (Å²) in [6.45, 7) is 3.93. The van der Waals surface area contributed by atoms with Crippen molar-refractivity contribution in [3.8, 4) is 5.75 Å². The molecule has 6 nitrogen and oxygen atoms in total. The van der Waals surface area contributed by atoms with Crippen molar-refractivity contribution in [2.75, 3.05) is 12.4 Å². The fraction of sp³-hybridized carbons (Fsp3) is 0.364. The molecule has 0 unspecified atom stereocenters. The van der Waals surface area contributed by atoms with Gasteiger partial charge >= 0.3 is 0 Å². The van der Waals surface area contributed by atoms with Crippen LogP contribution in [0.15, 0.2) is 22.7 Å². The van der Waals surface area contributed by atoms with E-state index in [0.29, 0.717) is 5.82 Å². The molecular formula is C11H14N4O2S. The predicted octanol–water partition coefficient (Wildman–Crippen LogP) is 1.58. The van der Waals surface area contributed by atoms with Crippen LogP contribution < -0.4 is 15.6 Å². The first-order valence-corrected chi connectivity index (χ1v) is 6.22. The Balaban J connectivity index is 2.35. The number of nitrogens with zero attached hydrogens (tertiary/aromatic N) is 2. The van der Waals surface area contributed by atoms with Crippen LogP contribution in [0, 0.1) is 0 Å². The van der Waals surface area contributed by atoms with Crippen molar-refractivity contribution in [1.29, 1.82) is 0 Å². The average Bonchev–Trinajstić information content (AvgIpc) is 2.83. The minimum absolute atomic E-state index is 0.169. The summed E-state index contributed by atoms with van der Waals surface area (Å²) in [5.74, 6) is 0.573. The molecule has 2 heterocycles. The lowest BCUT2D eigenvalue weighted by Gasteiger charge is -2.24. The summed E-state index contributed by atoms with van der Waals surface area (Å²) in [4.78, 5) is 22.4. The van der Waals surface area contributed by atoms with Crippen LogP contribution in [0.1, 0.15) is 18.9 Å². The third-order valence-electron chi connectivity index (χ3n) is 2.41. The molecule has 2 rings (SSSR count). The first-order chi connectivity index (χ1) is 8.54. The fourth-order valence-electron chi connectivity index (χ4n) is 1.55. The van der Waals surface area contributed by atoms with Crippen molar-refractivity contribution >= 4 is 17.2 Å². The number of ether oxygens (including phenoxy) is 1. The molecule has 0 fully saturated rings. The number of hydrogen-bond donors (Lipinski definition) is 2. The van der Waals surface area contributed by atoms with Gasteiger partial charge in [-0.15, -0.1) is 11.3 Å². The van der Waals surface area contributed by atoms with Gasteiger partial charge in [0.15, 0.2) is 5.82 Å². The van der Waals surface area contributed by atoms with Gasteiger partial charge in [0, 0.05) is 11.6 Å². The second-order valence-electron chi connectivity index (χ2n) is 4.20. The second-order valence-corrected chi connectivity index (χ2v) is 5.10. The van der Waals surface area contributed by atoms with E-state index in [-0.39, 0.29) is 11.3 Å². The summed E-state index contributed by atoms with van der Waals surface area (Å²) in [5, 5.41) is 5.99. The van der Waals surface area contributed by atoms with Crippen molar-refractivity contribution in [2.45, 2.75) is 19.4 Å². The van der Waals surface area contributed by atoms with E-state index in [2.05, 4.69) is 20.3 Å². The lowest BCUT2D eigenvalue weighted by Crippen LogP contribution is -2.29. The standard InChI is InChI=1S/C11H14N4O2S/c1-11(2,10-12-4-5-18-10)15-8-7(17-3)9(16)14-6-13-8/h4-6H,1-3H3,(H2,13,14,15,16). The molecule has 0 bridgehead atoms. The second kappa shape index (κ2) is 4.77. The third-order valence-corrected chi connectivity index (χ3v) is 3.51. The quantitative estimate of drug-likeness (QED) is 0.878. The molecule has 2 aromatic rings. The topological polar surface area (TPSA) is 79.9 Å². The molecule has 0 aliphatic rings. The Kier molecular flexibility index (Phi) is 3.33. The molecule has 0 saturated carbocycles. The maximum atomic E-state index is 11.6. The molecule has 7 heteroatoms. The van der Waals surface area contributed by atoms with Gasteiger partial charge in [0.2, 0.25) is 5.75 Å². The van der Waals surface area contributed by atoms with Crippen molar-refractivity contribution in [1.82, 2.24) is 15.0 Å². The molecule has 0 amide bonds. The number of rotatable bonds is 4. The summed E-state index contributed by atoms with van der Waals surface area (Å²) >= 11 is 1.54. The number of aromatic amines is 1. The van der Waals surface area contributed by atoms with Crippen LogP contribution in [0.4, 0.5) is 5.82 Å². The summed E-state index contributed by atoms with van der Waals surface area (Å²) in [6.07, 6.45) is 3.08. The minimum Gasteiger partial charge on any atom is -0.489 e. The van der Waals surface area contributed by atoms with Crippen LogP contribution in [0.5, 0.6) is 5.75 Å². The maximum absolute atomic E-state index is 11.6. The molecule has 0 aromatic carbocycles. The highest BCUT2D eigenvalue weighted by Gasteiger charge is 2.25. The Morgan fingerprint density at radius 2 is 2.22 bits per heavy atom. The van der Waals surface area contributed by atoms with E-state index in [1.54, 1.807) is 6.20 Å². The van der Waals surface area contributed by atoms with Gasteiger partial charge in [0.25, 0.3) is 5.56 Å². The normalized spacial score (nSPS) is 11.3. The van der Waals surface area contributed by atoms with Crippen molar-refractivity contribution in [3.63, 3.8) is 0 Å². The molecule has 2 aromatic heterocycles. The zero-order chi connectivity index (χ0) is 13.2. The predicted molar refractivity (Wildman–Crippen MR) is 70.2 cm³/mol. The molecule has 0 aliphatic carbocycles. The molecule has 0 spiro atoms. The van der Waals surface area contributed by atoms with E-state index in [1.165, 1.54) is 24.8 Å². The Hall–Kier alpha value is -1.89. The molecule has 96 valence electrons. The maximum Gasteiger partial charge on any atom is 0.295 e. The van der Waals surface area contributed by atoms with E-state index < -0.39 is 5.54 Å². The van der Waals surface area contributed by atoms with Crippen LogP contribution in [0.25, 0.3) is 0 Å². The van der Waals surface area contributed by atoms with E-state index in [0.717, 1.165) is 5.01 Å². The number of H-pyrrole nitrogens is 1. The SMILES string of the molecule is COc1c(NC(C)(C)c2nccs2)nc[nH]c1=O. The Morgan fingerprint density at radius 3 is 2.83 bits per heavy atom. The molecule has 0 aliphatic heterocycles. The first-order valence-electron chi connectivity index (χ1n) is 5.34. The monoisotopic (exact) mass is 266 g/mol. The van der Waals surface area contributed by atoms with E-state index in [1.807, 2.05) is 19.2 Å². The van der Waals surface area contributed by atoms with Crippen LogP contribution in [0.3, 0.4) is 0 Å². The highest BCUT2D eigenvalue weighted by atomic mass is 32.1. The largest absolute Gasteiger partial charge is 0.489 e. The fourth-order valence-corrected chi connectivity index (χ4v) is 2.27. The highest BCUT2D eigenvalue weighted by Crippen LogP contribution is 2.28. The lowest BCUT2D eigenvalue weighted by atomic mass is 10.1. The average molecular weight is 266 g/mol. The van der Waals surface area contributed by atoms with Gasteiger partial charge in [-0.1, -0.05) is 0 Å². The number of nitrogens with one attached hydrogen (secondary N) is 2. The zero-order valence-corrected chi connectivity index (χ0v) is 11.2. The summed E-state index contributed by atoms with van der Waals surface area (Å²) < 4.78 is 5.05. The van der Waals surface area contributed by atoms with Gasteiger partial charge in [-0.3, -0.25) is 4.79 Å². The zero-order valence-electron chi connectivity index (χ0n) is 10.4. The Labute approximate surface area is 108 Å². The molecule has 18 heavy (non-hydrogen) atoms. The highest BCUT2D eigenvalue weighted by molar-refractivity contribution is 7.09. The number of anilines is 1. The number of hydrogen-bond acceptors (Lipinski definition) is 6. The van der Waals surface area contributed by atoms with Gasteiger partial charge in [-0.2, -0.15) is 0 Å². The van der Waals surface area contributed by atoms with E-state index >= 15 is 0 Å². The van der Waals surface area contributed by atoms with Gasteiger partial charge in [0.1, 0.15) is 5.01 Å². The lowest BCUT2D eigenvalue weighted by molar-refractivity contribution is 0.406. The smallest absolute Gasteiger partial charge is 0.295 e. The van der Waals surface area contributed by atoms with Gasteiger partial charge in [-0.25, -0.2) is 9.97 Å². The Morgan fingerprint density at radius 1 is 1.44 bits per heavy atom. The summed E-state index contributed by atoms with van der Waals surface area (Å²) in [6, 6.07) is 0. The van der Waals surface area contributed by atoms with Crippen molar-refractivity contribution < 1.29 is 4.74 Å². The number of aromatic nitrogens is 3.